The second-order valence-corrected chi connectivity index (χ2v) is 17.2. The molecule has 0 bridgehead atoms. The Morgan fingerprint density at radius 3 is 2.39 bits per heavy atom. The van der Waals surface area contributed by atoms with Crippen LogP contribution in [0.5, 0.6) is 0 Å². The third-order valence-corrected chi connectivity index (χ3v) is 13.9. The molecule has 1 amide bonds. The molecule has 11 heteroatoms. The van der Waals surface area contributed by atoms with Crippen LogP contribution in [0.3, 0.4) is 0 Å². The summed E-state index contributed by atoms with van der Waals surface area (Å²) in [7, 11) is 0. The molecule has 4 fully saturated rings. The molecule has 5 rings (SSSR count). The Morgan fingerprint density at radius 2 is 1.76 bits per heavy atom. The topological polar surface area (TPSA) is 186 Å². The van der Waals surface area contributed by atoms with Crippen molar-refractivity contribution in [2.45, 2.75) is 161 Å². The summed E-state index contributed by atoms with van der Waals surface area (Å²) in [6.07, 6.45) is 3.91. The van der Waals surface area contributed by atoms with Crippen molar-refractivity contribution < 1.29 is 49.7 Å². The van der Waals surface area contributed by atoms with Crippen molar-refractivity contribution >= 4 is 11.9 Å². The van der Waals surface area contributed by atoms with Crippen LogP contribution in [0.25, 0.3) is 0 Å². The van der Waals surface area contributed by atoms with E-state index in [1.54, 1.807) is 0 Å². The van der Waals surface area contributed by atoms with Crippen molar-refractivity contribution in [3.05, 3.63) is 11.6 Å². The van der Waals surface area contributed by atoms with E-state index in [1.807, 2.05) is 0 Å². The van der Waals surface area contributed by atoms with Crippen LogP contribution in [-0.4, -0.2) is 97.6 Å². The number of nitrogens with one attached hydrogen (secondary N) is 1. The Labute approximate surface area is 291 Å². The first-order valence-corrected chi connectivity index (χ1v) is 18.9. The van der Waals surface area contributed by atoms with Gasteiger partial charge in [0, 0.05) is 6.92 Å². The van der Waals surface area contributed by atoms with E-state index in [0.29, 0.717) is 36.0 Å². The van der Waals surface area contributed by atoms with Crippen molar-refractivity contribution in [3.8, 4) is 0 Å². The summed E-state index contributed by atoms with van der Waals surface area (Å²) < 4.78 is 12.0. The third-order valence-electron chi connectivity index (χ3n) is 13.9. The summed E-state index contributed by atoms with van der Waals surface area (Å²) in [6, 6.07) is -1.48. The Bertz CT molecular complexity index is 1230. The second-order valence-electron chi connectivity index (χ2n) is 17.2. The van der Waals surface area contributed by atoms with Gasteiger partial charge in [-0.3, -0.25) is 4.79 Å². The maximum absolute atomic E-state index is 12.9. The summed E-state index contributed by atoms with van der Waals surface area (Å²) in [5.74, 6) is -1.03. The minimum absolute atomic E-state index is 0.0481. The molecule has 280 valence electrons. The van der Waals surface area contributed by atoms with Crippen molar-refractivity contribution in [2.24, 2.45) is 46.3 Å². The minimum Gasteiger partial charge on any atom is -0.477 e. The first kappa shape index (κ1) is 38.6. The highest BCUT2D eigenvalue weighted by Gasteiger charge is 2.64. The van der Waals surface area contributed by atoms with Gasteiger partial charge in [0.15, 0.2) is 0 Å². The minimum atomic E-state index is -2.79. The average molecular weight is 694 g/mol. The predicted molar refractivity (Wildman–Crippen MR) is 182 cm³/mol. The van der Waals surface area contributed by atoms with Gasteiger partial charge in [-0.15, -0.1) is 0 Å². The number of carbonyl (C=O) groups excluding carboxylic acids is 1. The number of rotatable bonds is 12. The van der Waals surface area contributed by atoms with Crippen molar-refractivity contribution in [2.75, 3.05) is 6.61 Å². The standard InChI is InChI=1S/C38H63NO10/c1-20(2)8-7-9-21(3)26-12-13-27-25-11-10-23-18-24(14-16-36(23,5)28(25)15-17-37(26,27)6)48-38(35(46)47)34(45)32(44)30(39-22(4)41)33(49-38)31(43)29(42)19-40/h10,20-21,24-34,40,42-45H,7-9,11-19H2,1-6H3,(H,39,41)(H,46,47)/t21-,24+,25+,26-,27+,28+,29-,30-,31-,32-,33-,34+,36+,37-,38-/m1/s1. The Morgan fingerprint density at radius 1 is 1.04 bits per heavy atom. The maximum atomic E-state index is 12.9. The number of fused-ring (bicyclic) bond motifs is 5. The Balaban J connectivity index is 1.33. The summed E-state index contributed by atoms with van der Waals surface area (Å²) in [5, 5.41) is 65.6. The number of carbonyl (C=O) groups is 2. The molecule has 1 heterocycles. The van der Waals surface area contributed by atoms with Crippen LogP contribution in [0, 0.1) is 46.3 Å². The molecule has 0 aromatic heterocycles. The summed E-state index contributed by atoms with van der Waals surface area (Å²) in [6.45, 7) is 12.3. The van der Waals surface area contributed by atoms with Crippen molar-refractivity contribution in [1.29, 1.82) is 0 Å². The molecule has 5 aliphatic rings. The van der Waals surface area contributed by atoms with Crippen LogP contribution in [-0.2, 0) is 19.1 Å². The third kappa shape index (κ3) is 6.99. The summed E-state index contributed by atoms with van der Waals surface area (Å²) >= 11 is 0. The SMILES string of the molecule is CC(=O)N[C@@H]1[C@@H](O)[C@H](O)[C@](O[C@H]2CC[C@@]3(C)C(=CC[C@H]4[C@@H]5CC[C@H]([C@H](C)CCCC(C)C)[C@@]5(C)CC[C@@H]43)C2)(C(=O)O)O[C@H]1[C@H](O)[C@H](O)CO. The molecular formula is C38H63NO10. The number of carboxylic acids is 1. The molecule has 0 aromatic carbocycles. The zero-order chi connectivity index (χ0) is 36.1. The van der Waals surface area contributed by atoms with Crippen LogP contribution < -0.4 is 5.32 Å². The number of aliphatic hydroxyl groups is 5. The highest BCUT2D eigenvalue weighted by atomic mass is 16.7. The molecule has 0 spiro atoms. The fourth-order valence-corrected chi connectivity index (χ4v) is 11.3. The van der Waals surface area contributed by atoms with Gasteiger partial charge in [-0.25, -0.2) is 4.79 Å². The summed E-state index contributed by atoms with van der Waals surface area (Å²) in [4.78, 5) is 24.8. The van der Waals surface area contributed by atoms with E-state index in [1.165, 1.54) is 50.5 Å². The molecular weight excluding hydrogens is 630 g/mol. The van der Waals surface area contributed by atoms with Crippen LogP contribution in [0.2, 0.25) is 0 Å². The first-order valence-electron chi connectivity index (χ1n) is 18.9. The van der Waals surface area contributed by atoms with E-state index in [0.717, 1.165) is 37.5 Å². The van der Waals surface area contributed by atoms with E-state index in [4.69, 9.17) is 9.47 Å². The average Bonchev–Trinajstić information content (AvgIpc) is 3.40. The van der Waals surface area contributed by atoms with Gasteiger partial charge < -0.3 is 45.4 Å². The van der Waals surface area contributed by atoms with Gasteiger partial charge in [-0.1, -0.05) is 65.5 Å². The second kappa shape index (κ2) is 14.8. The molecule has 0 radical (unpaired) electrons. The van der Waals surface area contributed by atoms with E-state index in [9.17, 15) is 40.2 Å². The number of carboxylic acid groups (broad SMARTS) is 1. The molecule has 4 aliphatic carbocycles. The zero-order valence-corrected chi connectivity index (χ0v) is 30.4. The van der Waals surface area contributed by atoms with Crippen molar-refractivity contribution in [1.82, 2.24) is 5.32 Å². The maximum Gasteiger partial charge on any atom is 0.367 e. The molecule has 1 saturated heterocycles. The smallest absolute Gasteiger partial charge is 0.367 e. The number of ether oxygens (including phenoxy) is 2. The first-order chi connectivity index (χ1) is 23.0. The van der Waals surface area contributed by atoms with Crippen LogP contribution in [0.15, 0.2) is 11.6 Å². The molecule has 7 N–H and O–H groups in total. The lowest BCUT2D eigenvalue weighted by atomic mass is 9.47. The van der Waals surface area contributed by atoms with E-state index < -0.39 is 66.9 Å². The lowest BCUT2D eigenvalue weighted by Crippen LogP contribution is -2.74. The summed E-state index contributed by atoms with van der Waals surface area (Å²) in [5.41, 5.74) is 1.55. The quantitative estimate of drug-likeness (QED) is 0.149. The number of allylic oxidation sites excluding steroid dienone is 1. The largest absolute Gasteiger partial charge is 0.477 e. The normalized spacial score (nSPS) is 43.8. The number of amides is 1. The molecule has 11 nitrogen and oxygen atoms in total. The highest BCUT2D eigenvalue weighted by molar-refractivity contribution is 5.77. The van der Waals surface area contributed by atoms with Gasteiger partial charge in [0.05, 0.1) is 18.8 Å². The van der Waals surface area contributed by atoms with E-state index >= 15 is 0 Å². The fraction of sp³-hybridized carbons (Fsp3) is 0.895. The number of aliphatic carboxylic acids is 1. The number of hydrogen-bond donors (Lipinski definition) is 7. The molecule has 0 aromatic rings. The Kier molecular flexibility index (Phi) is 11.7. The van der Waals surface area contributed by atoms with Gasteiger partial charge in [-0.2, -0.15) is 0 Å². The van der Waals surface area contributed by atoms with E-state index in [-0.39, 0.29) is 5.41 Å². The predicted octanol–water partition coefficient (Wildman–Crippen LogP) is 3.53. The van der Waals surface area contributed by atoms with Crippen LogP contribution >= 0.6 is 0 Å². The molecule has 49 heavy (non-hydrogen) atoms. The van der Waals surface area contributed by atoms with Crippen molar-refractivity contribution in [3.63, 3.8) is 0 Å². The van der Waals surface area contributed by atoms with Gasteiger partial charge in [0.25, 0.3) is 5.79 Å². The lowest BCUT2D eigenvalue weighted by molar-refractivity contribution is -0.358. The molecule has 3 saturated carbocycles. The number of hydrogen-bond acceptors (Lipinski definition) is 9. The Hall–Kier alpha value is -1.60. The zero-order valence-electron chi connectivity index (χ0n) is 30.4. The fourth-order valence-electron chi connectivity index (χ4n) is 11.3. The lowest BCUT2D eigenvalue weighted by Gasteiger charge is -2.59. The number of aliphatic hydroxyl groups excluding tert-OH is 5. The monoisotopic (exact) mass is 693 g/mol. The van der Waals surface area contributed by atoms with Gasteiger partial charge in [0.1, 0.15) is 30.5 Å². The van der Waals surface area contributed by atoms with Gasteiger partial charge >= 0.3 is 5.97 Å². The molecule has 0 unspecified atom stereocenters. The van der Waals surface area contributed by atoms with Crippen LogP contribution in [0.4, 0.5) is 0 Å². The van der Waals surface area contributed by atoms with Crippen LogP contribution in [0.1, 0.15) is 112 Å². The molecule has 15 atom stereocenters. The van der Waals surface area contributed by atoms with Gasteiger partial charge in [0.2, 0.25) is 5.91 Å². The van der Waals surface area contributed by atoms with Gasteiger partial charge in [-0.05, 0) is 97.7 Å². The van der Waals surface area contributed by atoms with E-state index in [2.05, 4.69) is 46.0 Å². The molecule has 1 aliphatic heterocycles. The highest BCUT2D eigenvalue weighted by Crippen LogP contribution is 2.67.